The minimum Gasteiger partial charge on any atom is -0.395 e. The minimum absolute atomic E-state index is 0.0959. The van der Waals surface area contributed by atoms with Gasteiger partial charge in [0.2, 0.25) is 5.91 Å². The Bertz CT molecular complexity index is 468. The summed E-state index contributed by atoms with van der Waals surface area (Å²) >= 11 is 3.15. The summed E-state index contributed by atoms with van der Waals surface area (Å²) < 4.78 is 13.5. The maximum atomic E-state index is 13.0. The van der Waals surface area contributed by atoms with Crippen LogP contribution in [0.4, 0.5) is 4.39 Å². The lowest BCUT2D eigenvalue weighted by molar-refractivity contribution is -0.121. The fourth-order valence-electron chi connectivity index (χ4n) is 1.34. The summed E-state index contributed by atoms with van der Waals surface area (Å²) in [7, 11) is 0. The molecule has 0 saturated heterocycles. The molecule has 0 radical (unpaired) electrons. The number of amides is 2. The van der Waals surface area contributed by atoms with Gasteiger partial charge in [-0.2, -0.15) is 0 Å². The van der Waals surface area contributed by atoms with Crippen LogP contribution in [0, 0.1) is 5.82 Å². The van der Waals surface area contributed by atoms with Crippen molar-refractivity contribution in [1.82, 2.24) is 10.6 Å². The summed E-state index contributed by atoms with van der Waals surface area (Å²) in [6.45, 7) is 0.190. The molecular weight excluding hydrogens is 319 g/mol. The molecule has 104 valence electrons. The van der Waals surface area contributed by atoms with Crippen LogP contribution in [0.15, 0.2) is 22.7 Å². The van der Waals surface area contributed by atoms with E-state index in [0.29, 0.717) is 4.47 Å². The molecule has 0 saturated carbocycles. The van der Waals surface area contributed by atoms with Gasteiger partial charge in [0.15, 0.2) is 0 Å². The van der Waals surface area contributed by atoms with E-state index in [9.17, 15) is 14.0 Å². The summed E-state index contributed by atoms with van der Waals surface area (Å²) in [5.41, 5.74) is 0.177. The number of carbonyl (C=O) groups excluding carboxylic acids is 2. The molecule has 1 aromatic rings. The molecule has 5 nitrogen and oxygen atoms in total. The van der Waals surface area contributed by atoms with Gasteiger partial charge in [-0.15, -0.1) is 0 Å². The zero-order valence-electron chi connectivity index (χ0n) is 10.1. The molecule has 0 unspecified atom stereocenters. The van der Waals surface area contributed by atoms with Crippen LogP contribution in [-0.4, -0.2) is 36.6 Å². The Morgan fingerprint density at radius 1 is 1.26 bits per heavy atom. The third-order valence-electron chi connectivity index (χ3n) is 2.24. The van der Waals surface area contributed by atoms with E-state index in [1.54, 1.807) is 0 Å². The van der Waals surface area contributed by atoms with E-state index in [4.69, 9.17) is 5.11 Å². The van der Waals surface area contributed by atoms with Gasteiger partial charge in [-0.05, 0) is 34.1 Å². The second-order valence-electron chi connectivity index (χ2n) is 3.70. The Hall–Kier alpha value is -1.47. The first-order valence-corrected chi connectivity index (χ1v) is 6.44. The molecule has 1 aromatic carbocycles. The van der Waals surface area contributed by atoms with Crippen LogP contribution in [0.1, 0.15) is 16.8 Å². The van der Waals surface area contributed by atoms with E-state index in [-0.39, 0.29) is 37.6 Å². The minimum atomic E-state index is -0.506. The first-order valence-electron chi connectivity index (χ1n) is 5.65. The number of nitrogens with one attached hydrogen (secondary N) is 2. The summed E-state index contributed by atoms with van der Waals surface area (Å²) in [5, 5.41) is 13.5. The largest absolute Gasteiger partial charge is 0.395 e. The fraction of sp³-hybridized carbons (Fsp3) is 0.333. The molecule has 7 heteroatoms. The van der Waals surface area contributed by atoms with Crippen molar-refractivity contribution < 1.29 is 19.1 Å². The van der Waals surface area contributed by atoms with Gasteiger partial charge < -0.3 is 15.7 Å². The highest BCUT2D eigenvalue weighted by Crippen LogP contribution is 2.17. The number of halogens is 2. The van der Waals surface area contributed by atoms with E-state index in [2.05, 4.69) is 26.6 Å². The van der Waals surface area contributed by atoms with Gasteiger partial charge >= 0.3 is 0 Å². The topological polar surface area (TPSA) is 78.4 Å². The lowest BCUT2D eigenvalue weighted by atomic mass is 10.2. The zero-order chi connectivity index (χ0) is 14.3. The van der Waals surface area contributed by atoms with E-state index < -0.39 is 11.7 Å². The molecule has 0 bridgehead atoms. The van der Waals surface area contributed by atoms with Gasteiger partial charge in [0.05, 0.1) is 12.2 Å². The molecule has 19 heavy (non-hydrogen) atoms. The first-order chi connectivity index (χ1) is 9.04. The second-order valence-corrected chi connectivity index (χ2v) is 4.56. The van der Waals surface area contributed by atoms with Crippen LogP contribution < -0.4 is 10.6 Å². The number of benzene rings is 1. The smallest absolute Gasteiger partial charge is 0.252 e. The molecular formula is C12H14BrFN2O3. The SMILES string of the molecule is O=C(CCNC(=O)c1cc(F)ccc1Br)NCCO. The number of hydrogen-bond donors (Lipinski definition) is 3. The Morgan fingerprint density at radius 3 is 2.68 bits per heavy atom. The molecule has 0 fully saturated rings. The van der Waals surface area contributed by atoms with Gasteiger partial charge in [-0.3, -0.25) is 9.59 Å². The van der Waals surface area contributed by atoms with Gasteiger partial charge in [-0.25, -0.2) is 4.39 Å². The van der Waals surface area contributed by atoms with Crippen LogP contribution >= 0.6 is 15.9 Å². The highest BCUT2D eigenvalue weighted by molar-refractivity contribution is 9.10. The molecule has 0 aliphatic carbocycles. The average molecular weight is 333 g/mol. The van der Waals surface area contributed by atoms with Crippen molar-refractivity contribution in [1.29, 1.82) is 0 Å². The van der Waals surface area contributed by atoms with Crippen LogP contribution in [-0.2, 0) is 4.79 Å². The van der Waals surface area contributed by atoms with E-state index in [0.717, 1.165) is 6.07 Å². The molecule has 0 heterocycles. The van der Waals surface area contributed by atoms with Crippen molar-refractivity contribution in [3.8, 4) is 0 Å². The van der Waals surface area contributed by atoms with Crippen LogP contribution in [0.5, 0.6) is 0 Å². The van der Waals surface area contributed by atoms with Crippen molar-refractivity contribution in [2.24, 2.45) is 0 Å². The number of hydrogen-bond acceptors (Lipinski definition) is 3. The van der Waals surface area contributed by atoms with Gasteiger partial charge in [-0.1, -0.05) is 0 Å². The number of rotatable bonds is 6. The van der Waals surface area contributed by atoms with E-state index in [1.165, 1.54) is 12.1 Å². The van der Waals surface area contributed by atoms with Crippen LogP contribution in [0.2, 0.25) is 0 Å². The summed E-state index contributed by atoms with van der Waals surface area (Å²) in [6.07, 6.45) is 0.0959. The maximum absolute atomic E-state index is 13.0. The number of carbonyl (C=O) groups is 2. The predicted octanol–water partition coefficient (Wildman–Crippen LogP) is 0.817. The highest BCUT2D eigenvalue weighted by Gasteiger charge is 2.11. The van der Waals surface area contributed by atoms with Crippen molar-refractivity contribution >= 4 is 27.7 Å². The predicted molar refractivity (Wildman–Crippen MR) is 71.1 cm³/mol. The summed E-state index contributed by atoms with van der Waals surface area (Å²) in [6, 6.07) is 3.80. The molecule has 2 amide bonds. The van der Waals surface area contributed by atoms with Gasteiger partial charge in [0.25, 0.3) is 5.91 Å². The number of aliphatic hydroxyl groups excluding tert-OH is 1. The molecule has 0 aliphatic rings. The van der Waals surface area contributed by atoms with Gasteiger partial charge in [0, 0.05) is 24.0 Å². The van der Waals surface area contributed by atoms with Gasteiger partial charge in [0.1, 0.15) is 5.82 Å². The lowest BCUT2D eigenvalue weighted by Gasteiger charge is -2.07. The molecule has 0 atom stereocenters. The Balaban J connectivity index is 2.43. The standard InChI is InChI=1S/C12H14BrFN2O3/c13-10-2-1-8(14)7-9(10)12(19)16-4-3-11(18)15-5-6-17/h1-2,7,17H,3-6H2,(H,15,18)(H,16,19). The Kier molecular flexibility index (Phi) is 6.44. The number of aliphatic hydroxyl groups is 1. The van der Waals surface area contributed by atoms with E-state index in [1.807, 2.05) is 0 Å². The fourth-order valence-corrected chi connectivity index (χ4v) is 1.77. The average Bonchev–Trinajstić information content (AvgIpc) is 2.39. The Labute approximate surface area is 118 Å². The molecule has 0 spiro atoms. The van der Waals surface area contributed by atoms with Crippen molar-refractivity contribution in [2.75, 3.05) is 19.7 Å². The maximum Gasteiger partial charge on any atom is 0.252 e. The third kappa shape index (κ3) is 5.35. The Morgan fingerprint density at radius 2 is 2.00 bits per heavy atom. The lowest BCUT2D eigenvalue weighted by Crippen LogP contribution is -2.32. The molecule has 1 rings (SSSR count). The highest BCUT2D eigenvalue weighted by atomic mass is 79.9. The van der Waals surface area contributed by atoms with Crippen molar-refractivity contribution in [2.45, 2.75) is 6.42 Å². The van der Waals surface area contributed by atoms with Crippen LogP contribution in [0.3, 0.4) is 0 Å². The molecule has 3 N–H and O–H groups in total. The van der Waals surface area contributed by atoms with Crippen molar-refractivity contribution in [3.63, 3.8) is 0 Å². The first kappa shape index (κ1) is 15.6. The monoisotopic (exact) mass is 332 g/mol. The molecule has 0 aromatic heterocycles. The summed E-state index contributed by atoms with van der Waals surface area (Å²) in [4.78, 5) is 22.9. The summed E-state index contributed by atoms with van der Waals surface area (Å²) in [5.74, 6) is -1.23. The third-order valence-corrected chi connectivity index (χ3v) is 2.94. The van der Waals surface area contributed by atoms with Crippen molar-refractivity contribution in [3.05, 3.63) is 34.1 Å². The normalized spacial score (nSPS) is 10.1. The van der Waals surface area contributed by atoms with E-state index >= 15 is 0 Å². The quantitative estimate of drug-likeness (QED) is 0.721. The zero-order valence-corrected chi connectivity index (χ0v) is 11.7. The van der Waals surface area contributed by atoms with Crippen LogP contribution in [0.25, 0.3) is 0 Å². The molecule has 0 aliphatic heterocycles. The second kappa shape index (κ2) is 7.85.